The van der Waals surface area contributed by atoms with Gasteiger partial charge in [-0.3, -0.25) is 4.90 Å². The van der Waals surface area contributed by atoms with Gasteiger partial charge in [0.15, 0.2) is 0 Å². The minimum absolute atomic E-state index is 0.640. The molecule has 1 unspecified atom stereocenters. The van der Waals surface area contributed by atoms with Gasteiger partial charge in [-0.1, -0.05) is 26.7 Å². The highest BCUT2D eigenvalue weighted by atomic mass is 15.2. The lowest BCUT2D eigenvalue weighted by Gasteiger charge is -2.32. The van der Waals surface area contributed by atoms with Gasteiger partial charge >= 0.3 is 0 Å². The molecule has 0 radical (unpaired) electrons. The van der Waals surface area contributed by atoms with Crippen molar-refractivity contribution in [2.45, 2.75) is 77.3 Å². The number of hydrogen-bond donors (Lipinski definition) is 1. The van der Waals surface area contributed by atoms with E-state index in [1.807, 2.05) is 0 Å². The maximum Gasteiger partial charge on any atom is 0.0207 e. The van der Waals surface area contributed by atoms with Crippen molar-refractivity contribution in [2.24, 2.45) is 11.3 Å². The summed E-state index contributed by atoms with van der Waals surface area (Å²) in [5.74, 6) is 0.853. The third-order valence-corrected chi connectivity index (χ3v) is 5.55. The van der Waals surface area contributed by atoms with E-state index >= 15 is 0 Å². The van der Waals surface area contributed by atoms with Crippen LogP contribution in [0.4, 0.5) is 0 Å². The number of likely N-dealkylation sites (tertiary alicyclic amines) is 1. The zero-order valence-electron chi connectivity index (χ0n) is 13.0. The monoisotopic (exact) mass is 264 g/mol. The predicted molar refractivity (Wildman–Crippen MR) is 81.4 cm³/mol. The van der Waals surface area contributed by atoms with Gasteiger partial charge in [0.25, 0.3) is 0 Å². The van der Waals surface area contributed by atoms with E-state index in [4.69, 9.17) is 0 Å². The van der Waals surface area contributed by atoms with Crippen LogP contribution in [0.15, 0.2) is 0 Å². The lowest BCUT2D eigenvalue weighted by Crippen LogP contribution is -2.40. The first-order valence-corrected chi connectivity index (χ1v) is 8.64. The number of nitrogens with one attached hydrogen (secondary N) is 1. The van der Waals surface area contributed by atoms with E-state index in [0.717, 1.165) is 18.0 Å². The number of nitrogens with zero attached hydrogens (tertiary/aromatic N) is 1. The van der Waals surface area contributed by atoms with Gasteiger partial charge in [-0.05, 0) is 49.9 Å². The van der Waals surface area contributed by atoms with Crippen molar-refractivity contribution >= 4 is 0 Å². The molecule has 110 valence electrons. The van der Waals surface area contributed by atoms with Crippen LogP contribution in [0.3, 0.4) is 0 Å². The van der Waals surface area contributed by atoms with Crippen molar-refractivity contribution in [2.75, 3.05) is 19.6 Å². The van der Waals surface area contributed by atoms with E-state index in [2.05, 4.69) is 24.1 Å². The van der Waals surface area contributed by atoms with Gasteiger partial charge in [0.2, 0.25) is 0 Å². The van der Waals surface area contributed by atoms with Crippen LogP contribution in [0.5, 0.6) is 0 Å². The lowest BCUT2D eigenvalue weighted by atomic mass is 9.78. The molecule has 0 bridgehead atoms. The fourth-order valence-electron chi connectivity index (χ4n) is 4.53. The van der Waals surface area contributed by atoms with Gasteiger partial charge in [0, 0.05) is 31.7 Å². The molecular weight excluding hydrogens is 232 g/mol. The van der Waals surface area contributed by atoms with Gasteiger partial charge in [0.1, 0.15) is 0 Å². The lowest BCUT2D eigenvalue weighted by molar-refractivity contribution is 0.213. The largest absolute Gasteiger partial charge is 0.312 e. The van der Waals surface area contributed by atoms with Crippen LogP contribution >= 0.6 is 0 Å². The van der Waals surface area contributed by atoms with E-state index < -0.39 is 0 Å². The fraction of sp³-hybridized carbons (Fsp3) is 1.00. The van der Waals surface area contributed by atoms with E-state index in [-0.39, 0.29) is 0 Å². The van der Waals surface area contributed by atoms with E-state index in [1.54, 1.807) is 0 Å². The molecule has 19 heavy (non-hydrogen) atoms. The number of rotatable bonds is 6. The summed E-state index contributed by atoms with van der Waals surface area (Å²) in [6, 6.07) is 1.74. The van der Waals surface area contributed by atoms with E-state index in [1.165, 1.54) is 71.0 Å². The SMILES string of the molecule is CC(C)CC1(CNC2CCN(C3CC3)C2)CCCC1. The molecule has 3 rings (SSSR count). The van der Waals surface area contributed by atoms with Crippen LogP contribution in [-0.2, 0) is 0 Å². The Morgan fingerprint density at radius 1 is 1.16 bits per heavy atom. The summed E-state index contributed by atoms with van der Waals surface area (Å²) < 4.78 is 0. The summed E-state index contributed by atoms with van der Waals surface area (Å²) in [6.45, 7) is 8.74. The minimum Gasteiger partial charge on any atom is -0.312 e. The molecule has 0 spiro atoms. The number of hydrogen-bond acceptors (Lipinski definition) is 2. The molecule has 1 saturated heterocycles. The summed E-state index contributed by atoms with van der Waals surface area (Å²) in [5.41, 5.74) is 0.640. The quantitative estimate of drug-likeness (QED) is 0.791. The molecule has 1 aliphatic heterocycles. The molecule has 2 heteroatoms. The third-order valence-electron chi connectivity index (χ3n) is 5.55. The highest BCUT2D eigenvalue weighted by molar-refractivity contribution is 4.94. The van der Waals surface area contributed by atoms with Crippen LogP contribution in [0, 0.1) is 11.3 Å². The first-order valence-electron chi connectivity index (χ1n) is 8.64. The molecule has 0 aromatic heterocycles. The maximum absolute atomic E-state index is 3.94. The summed E-state index contributed by atoms with van der Waals surface area (Å²) in [7, 11) is 0. The first kappa shape index (κ1) is 13.9. The second-order valence-electron chi connectivity index (χ2n) is 7.90. The fourth-order valence-corrected chi connectivity index (χ4v) is 4.53. The van der Waals surface area contributed by atoms with Gasteiger partial charge < -0.3 is 5.32 Å². The predicted octanol–water partition coefficient (Wildman–Crippen LogP) is 3.42. The molecular formula is C17H32N2. The second-order valence-corrected chi connectivity index (χ2v) is 7.90. The second kappa shape index (κ2) is 5.73. The van der Waals surface area contributed by atoms with Crippen LogP contribution in [-0.4, -0.2) is 36.6 Å². The van der Waals surface area contributed by atoms with Crippen LogP contribution in [0.2, 0.25) is 0 Å². The zero-order chi connectivity index (χ0) is 13.3. The minimum atomic E-state index is 0.640. The molecule has 1 N–H and O–H groups in total. The van der Waals surface area contributed by atoms with Crippen LogP contribution in [0.25, 0.3) is 0 Å². The van der Waals surface area contributed by atoms with Crippen molar-refractivity contribution in [1.29, 1.82) is 0 Å². The van der Waals surface area contributed by atoms with Gasteiger partial charge in [-0.2, -0.15) is 0 Å². The highest BCUT2D eigenvalue weighted by Crippen LogP contribution is 2.42. The molecule has 3 fully saturated rings. The van der Waals surface area contributed by atoms with Crippen LogP contribution in [0.1, 0.15) is 65.2 Å². The molecule has 1 heterocycles. The molecule has 0 aromatic rings. The Kier molecular flexibility index (Phi) is 4.19. The maximum atomic E-state index is 3.94. The Hall–Kier alpha value is -0.0800. The van der Waals surface area contributed by atoms with Crippen LogP contribution < -0.4 is 5.32 Å². The van der Waals surface area contributed by atoms with Gasteiger partial charge in [-0.15, -0.1) is 0 Å². The van der Waals surface area contributed by atoms with Crippen molar-refractivity contribution in [3.63, 3.8) is 0 Å². The summed E-state index contributed by atoms with van der Waals surface area (Å²) in [5, 5.41) is 3.94. The van der Waals surface area contributed by atoms with Crippen molar-refractivity contribution < 1.29 is 0 Å². The van der Waals surface area contributed by atoms with Gasteiger partial charge in [0.05, 0.1) is 0 Å². The molecule has 1 atom stereocenters. The average Bonchev–Trinajstić information content (AvgIpc) is 2.94. The average molecular weight is 264 g/mol. The third kappa shape index (κ3) is 3.52. The summed E-state index contributed by atoms with van der Waals surface area (Å²) in [6.07, 6.45) is 11.6. The summed E-state index contributed by atoms with van der Waals surface area (Å²) >= 11 is 0. The molecule has 2 nitrogen and oxygen atoms in total. The van der Waals surface area contributed by atoms with Crippen molar-refractivity contribution in [3.05, 3.63) is 0 Å². The Balaban J connectivity index is 1.47. The Labute approximate surface area is 119 Å². The first-order chi connectivity index (χ1) is 9.17. The Bertz CT molecular complexity index is 290. The molecule has 0 aromatic carbocycles. The molecule has 0 amide bonds. The standard InChI is InChI=1S/C17H32N2/c1-14(2)11-17(8-3-4-9-17)13-18-15-7-10-19(12-15)16-5-6-16/h14-16,18H,3-13H2,1-2H3. The Morgan fingerprint density at radius 2 is 1.89 bits per heavy atom. The smallest absolute Gasteiger partial charge is 0.0207 e. The van der Waals surface area contributed by atoms with Crippen molar-refractivity contribution in [1.82, 2.24) is 10.2 Å². The van der Waals surface area contributed by atoms with Gasteiger partial charge in [-0.25, -0.2) is 0 Å². The molecule has 2 saturated carbocycles. The normalized spacial score (nSPS) is 31.4. The van der Waals surface area contributed by atoms with Crippen molar-refractivity contribution in [3.8, 4) is 0 Å². The summed E-state index contributed by atoms with van der Waals surface area (Å²) in [4.78, 5) is 2.72. The topological polar surface area (TPSA) is 15.3 Å². The molecule has 2 aliphatic carbocycles. The van der Waals surface area contributed by atoms with E-state index in [9.17, 15) is 0 Å². The Morgan fingerprint density at radius 3 is 2.53 bits per heavy atom. The van der Waals surface area contributed by atoms with E-state index in [0.29, 0.717) is 5.41 Å². The molecule has 3 aliphatic rings. The highest BCUT2D eigenvalue weighted by Gasteiger charge is 2.37. The zero-order valence-corrected chi connectivity index (χ0v) is 13.0.